The van der Waals surface area contributed by atoms with Gasteiger partial charge in [-0.15, -0.1) is 12.6 Å². The number of hydrogen-bond donors (Lipinski definition) is 2. The molecule has 0 fully saturated rings. The van der Waals surface area contributed by atoms with Gasteiger partial charge in [0.05, 0.1) is 0 Å². The molecule has 0 amide bonds. The Hall–Kier alpha value is -1.22. The Morgan fingerprint density at radius 3 is 2.42 bits per heavy atom. The summed E-state index contributed by atoms with van der Waals surface area (Å²) in [4.78, 5) is 11.0. The van der Waals surface area contributed by atoms with Gasteiger partial charge in [0, 0.05) is 11.0 Å². The molecule has 0 bridgehead atoms. The topological polar surface area (TPSA) is 37.3 Å². The zero-order valence-electron chi connectivity index (χ0n) is 6.27. The molecule has 0 aliphatic rings. The maximum Gasteiger partial charge on any atom is 0.328 e. The van der Waals surface area contributed by atoms with Crippen LogP contribution in [-0.2, 0) is 4.79 Å². The summed E-state index contributed by atoms with van der Waals surface area (Å²) in [6.45, 7) is 0. The van der Waals surface area contributed by atoms with Gasteiger partial charge in [-0.2, -0.15) is 0 Å². The third-order valence-electron chi connectivity index (χ3n) is 1.31. The summed E-state index contributed by atoms with van der Waals surface area (Å²) in [6, 6.07) is 7.23. The molecule has 0 aromatic heterocycles. The van der Waals surface area contributed by atoms with E-state index < -0.39 is 5.97 Å². The van der Waals surface area contributed by atoms with Crippen molar-refractivity contribution in [2.45, 2.75) is 4.90 Å². The van der Waals surface area contributed by atoms with E-state index >= 15 is 0 Å². The van der Waals surface area contributed by atoms with Crippen molar-refractivity contribution < 1.29 is 9.90 Å². The lowest BCUT2D eigenvalue weighted by molar-refractivity contribution is -0.131. The lowest BCUT2D eigenvalue weighted by Gasteiger charge is -1.92. The van der Waals surface area contributed by atoms with Gasteiger partial charge in [-0.3, -0.25) is 0 Å². The molecule has 1 aromatic rings. The average Bonchev–Trinajstić information content (AvgIpc) is 2.03. The van der Waals surface area contributed by atoms with E-state index in [0.29, 0.717) is 0 Å². The van der Waals surface area contributed by atoms with Crippen LogP contribution in [0.2, 0.25) is 0 Å². The van der Waals surface area contributed by atoms with E-state index in [9.17, 15) is 4.79 Å². The standard InChI is InChI=1S/C9H8O2S/c10-9(11)6-3-7-1-4-8(12)5-2-7/h1-6,12H,(H,10,11). The van der Waals surface area contributed by atoms with E-state index in [0.717, 1.165) is 16.5 Å². The van der Waals surface area contributed by atoms with Gasteiger partial charge in [0.1, 0.15) is 0 Å². The zero-order chi connectivity index (χ0) is 8.97. The first-order valence-corrected chi connectivity index (χ1v) is 3.83. The van der Waals surface area contributed by atoms with Crippen LogP contribution in [0, 0.1) is 0 Å². The first-order chi connectivity index (χ1) is 5.68. The molecule has 0 atom stereocenters. The number of hydrogen-bond acceptors (Lipinski definition) is 2. The second-order valence-electron chi connectivity index (χ2n) is 2.26. The summed E-state index contributed by atoms with van der Waals surface area (Å²) in [5, 5.41) is 8.33. The normalized spacial score (nSPS) is 10.4. The Labute approximate surface area is 75.9 Å². The van der Waals surface area contributed by atoms with Crippen LogP contribution in [0.5, 0.6) is 0 Å². The van der Waals surface area contributed by atoms with Crippen LogP contribution in [-0.4, -0.2) is 11.1 Å². The number of thiol groups is 1. The van der Waals surface area contributed by atoms with Gasteiger partial charge in [0.2, 0.25) is 0 Å². The second kappa shape index (κ2) is 3.97. The predicted octanol–water partition coefficient (Wildman–Crippen LogP) is 2.07. The SMILES string of the molecule is O=C(O)C=Cc1ccc(S)cc1. The van der Waals surface area contributed by atoms with E-state index in [4.69, 9.17) is 5.11 Å². The number of aliphatic carboxylic acids is 1. The molecule has 0 aliphatic heterocycles. The first-order valence-electron chi connectivity index (χ1n) is 3.38. The van der Waals surface area contributed by atoms with Crippen molar-refractivity contribution in [1.29, 1.82) is 0 Å². The van der Waals surface area contributed by atoms with E-state index in [1.807, 2.05) is 24.3 Å². The number of carbonyl (C=O) groups is 1. The van der Waals surface area contributed by atoms with E-state index in [1.165, 1.54) is 6.08 Å². The number of rotatable bonds is 2. The summed E-state index contributed by atoms with van der Waals surface area (Å²) in [5.74, 6) is -0.940. The minimum Gasteiger partial charge on any atom is -0.478 e. The summed E-state index contributed by atoms with van der Waals surface area (Å²) in [5.41, 5.74) is 0.857. The Bertz CT molecular complexity index is 301. The fraction of sp³-hybridized carbons (Fsp3) is 0. The maximum absolute atomic E-state index is 10.1. The molecule has 1 N–H and O–H groups in total. The van der Waals surface area contributed by atoms with Gasteiger partial charge in [-0.25, -0.2) is 4.79 Å². The third kappa shape index (κ3) is 2.80. The molecule has 3 heteroatoms. The Morgan fingerprint density at radius 1 is 1.33 bits per heavy atom. The molecule has 0 aliphatic carbocycles. The third-order valence-corrected chi connectivity index (χ3v) is 1.61. The Kier molecular flexibility index (Phi) is 2.94. The number of carboxylic acid groups (broad SMARTS) is 1. The molecular weight excluding hydrogens is 172 g/mol. The zero-order valence-corrected chi connectivity index (χ0v) is 7.16. The minimum absolute atomic E-state index is 0.857. The van der Waals surface area contributed by atoms with Crippen molar-refractivity contribution in [1.82, 2.24) is 0 Å². The smallest absolute Gasteiger partial charge is 0.328 e. The van der Waals surface area contributed by atoms with Crippen LogP contribution in [0.25, 0.3) is 6.08 Å². The molecule has 1 rings (SSSR count). The molecule has 0 radical (unpaired) electrons. The van der Waals surface area contributed by atoms with Crippen molar-refractivity contribution in [3.8, 4) is 0 Å². The molecule has 2 nitrogen and oxygen atoms in total. The van der Waals surface area contributed by atoms with Gasteiger partial charge in [-0.1, -0.05) is 12.1 Å². The molecule has 0 saturated carbocycles. The largest absolute Gasteiger partial charge is 0.478 e. The summed E-state index contributed by atoms with van der Waals surface area (Å²) >= 11 is 4.10. The van der Waals surface area contributed by atoms with E-state index in [-0.39, 0.29) is 0 Å². The van der Waals surface area contributed by atoms with Crippen molar-refractivity contribution in [3.63, 3.8) is 0 Å². The number of benzene rings is 1. The van der Waals surface area contributed by atoms with Crippen LogP contribution in [0.4, 0.5) is 0 Å². The monoisotopic (exact) mass is 180 g/mol. The predicted molar refractivity (Wildman–Crippen MR) is 50.4 cm³/mol. The Morgan fingerprint density at radius 2 is 1.92 bits per heavy atom. The molecule has 12 heavy (non-hydrogen) atoms. The van der Waals surface area contributed by atoms with Crippen molar-refractivity contribution in [2.75, 3.05) is 0 Å². The van der Waals surface area contributed by atoms with Crippen LogP contribution in [0.15, 0.2) is 35.2 Å². The van der Waals surface area contributed by atoms with Crippen molar-refractivity contribution >= 4 is 24.7 Å². The molecule has 62 valence electrons. The highest BCUT2D eigenvalue weighted by Crippen LogP contribution is 2.08. The van der Waals surface area contributed by atoms with E-state index in [1.54, 1.807) is 0 Å². The molecule has 1 aromatic carbocycles. The van der Waals surface area contributed by atoms with Crippen LogP contribution < -0.4 is 0 Å². The molecule has 0 spiro atoms. The molecule has 0 saturated heterocycles. The van der Waals surface area contributed by atoms with Gasteiger partial charge >= 0.3 is 5.97 Å². The highest BCUT2D eigenvalue weighted by atomic mass is 32.1. The van der Waals surface area contributed by atoms with Crippen LogP contribution in [0.1, 0.15) is 5.56 Å². The second-order valence-corrected chi connectivity index (χ2v) is 2.78. The van der Waals surface area contributed by atoms with Crippen molar-refractivity contribution in [2.24, 2.45) is 0 Å². The summed E-state index contributed by atoms with van der Waals surface area (Å²) in [7, 11) is 0. The molecule has 0 unspecified atom stereocenters. The number of carboxylic acids is 1. The maximum atomic E-state index is 10.1. The summed E-state index contributed by atoms with van der Waals surface area (Å²) in [6.07, 6.45) is 2.64. The van der Waals surface area contributed by atoms with Crippen molar-refractivity contribution in [3.05, 3.63) is 35.9 Å². The van der Waals surface area contributed by atoms with E-state index in [2.05, 4.69) is 12.6 Å². The Balaban J connectivity index is 2.77. The van der Waals surface area contributed by atoms with Crippen LogP contribution >= 0.6 is 12.6 Å². The lowest BCUT2D eigenvalue weighted by Crippen LogP contribution is -1.85. The minimum atomic E-state index is -0.940. The van der Waals surface area contributed by atoms with Gasteiger partial charge < -0.3 is 5.11 Å². The van der Waals surface area contributed by atoms with Gasteiger partial charge in [0.15, 0.2) is 0 Å². The fourth-order valence-corrected chi connectivity index (χ4v) is 0.902. The average molecular weight is 180 g/mol. The first kappa shape index (κ1) is 8.87. The van der Waals surface area contributed by atoms with Gasteiger partial charge in [-0.05, 0) is 23.8 Å². The fourth-order valence-electron chi connectivity index (χ4n) is 0.753. The lowest BCUT2D eigenvalue weighted by atomic mass is 10.2. The molecular formula is C9H8O2S. The highest BCUT2D eigenvalue weighted by molar-refractivity contribution is 7.80. The molecule has 0 heterocycles. The van der Waals surface area contributed by atoms with Gasteiger partial charge in [0.25, 0.3) is 0 Å². The summed E-state index contributed by atoms with van der Waals surface area (Å²) < 4.78 is 0. The highest BCUT2D eigenvalue weighted by Gasteiger charge is 1.88. The van der Waals surface area contributed by atoms with Crippen LogP contribution in [0.3, 0.4) is 0 Å². The quantitative estimate of drug-likeness (QED) is 0.540.